The number of carbonyl (C=O) groups excluding carboxylic acids is 2. The second-order valence-electron chi connectivity index (χ2n) is 23.2. The van der Waals surface area contributed by atoms with Gasteiger partial charge in [0.25, 0.3) is 0 Å². The molecule has 0 aliphatic rings. The average Bonchev–Trinajstić information content (AvgIpc) is 3.40. The van der Waals surface area contributed by atoms with Crippen LogP contribution in [0.1, 0.15) is 373 Å². The summed E-state index contributed by atoms with van der Waals surface area (Å²) in [6.45, 7) is 4.93. The Bertz CT molecular complexity index is 1150. The maximum absolute atomic E-state index is 12.5. The van der Waals surface area contributed by atoms with Gasteiger partial charge in [-0.2, -0.15) is 0 Å². The van der Waals surface area contributed by atoms with E-state index in [9.17, 15) is 19.8 Å². The third kappa shape index (κ3) is 59.6. The second-order valence-corrected chi connectivity index (χ2v) is 23.2. The minimum atomic E-state index is -0.669. The first-order valence-electron chi connectivity index (χ1n) is 33.6. The number of allylic oxidation sites excluding steroid dienone is 4. The largest absolute Gasteiger partial charge is 0.466 e. The number of unbranched alkanes of at least 4 members (excludes halogenated alkanes) is 48. The molecule has 0 fully saturated rings. The van der Waals surface area contributed by atoms with Gasteiger partial charge in [-0.05, 0) is 51.4 Å². The number of amides is 1. The van der Waals surface area contributed by atoms with Gasteiger partial charge < -0.3 is 20.3 Å². The summed E-state index contributed by atoms with van der Waals surface area (Å²) in [6, 6.07) is -0.546. The summed E-state index contributed by atoms with van der Waals surface area (Å²) in [5.41, 5.74) is 0. The van der Waals surface area contributed by atoms with Crippen LogP contribution >= 0.6 is 0 Å². The van der Waals surface area contributed by atoms with E-state index in [2.05, 4.69) is 43.5 Å². The second kappa shape index (κ2) is 63.9. The van der Waals surface area contributed by atoms with E-state index in [-0.39, 0.29) is 18.5 Å². The molecule has 0 aromatic rings. The molecule has 0 aromatic heterocycles. The van der Waals surface area contributed by atoms with Gasteiger partial charge in [-0.3, -0.25) is 9.59 Å². The summed E-state index contributed by atoms with van der Waals surface area (Å²) < 4.78 is 5.47. The Balaban J connectivity index is 3.41. The summed E-state index contributed by atoms with van der Waals surface area (Å²) in [5.74, 6) is -0.0412. The van der Waals surface area contributed by atoms with Crippen LogP contribution in [0.5, 0.6) is 0 Å². The van der Waals surface area contributed by atoms with Crippen LogP contribution in [-0.2, 0) is 14.3 Å². The molecule has 0 bridgehead atoms. The van der Waals surface area contributed by atoms with Gasteiger partial charge in [-0.25, -0.2) is 0 Å². The zero-order valence-electron chi connectivity index (χ0n) is 50.1. The Morgan fingerprint density at radius 1 is 0.378 bits per heavy atom. The van der Waals surface area contributed by atoms with Gasteiger partial charge in [0.05, 0.1) is 25.4 Å². The Morgan fingerprint density at radius 3 is 1.07 bits per heavy atom. The zero-order valence-corrected chi connectivity index (χ0v) is 50.1. The lowest BCUT2D eigenvalue weighted by Gasteiger charge is -2.22. The van der Waals surface area contributed by atoms with E-state index in [0.717, 1.165) is 51.4 Å². The Kier molecular flexibility index (Phi) is 62.4. The number of hydrogen-bond donors (Lipinski definition) is 3. The zero-order chi connectivity index (χ0) is 53.6. The third-order valence-electron chi connectivity index (χ3n) is 15.8. The molecule has 0 heterocycles. The van der Waals surface area contributed by atoms with Gasteiger partial charge in [0, 0.05) is 12.8 Å². The smallest absolute Gasteiger partial charge is 0.305 e. The van der Waals surface area contributed by atoms with Crippen molar-refractivity contribution in [3.05, 3.63) is 24.3 Å². The van der Waals surface area contributed by atoms with E-state index in [1.807, 2.05) is 0 Å². The van der Waals surface area contributed by atoms with E-state index in [4.69, 9.17) is 4.74 Å². The molecular weight excluding hydrogens is 911 g/mol. The topological polar surface area (TPSA) is 95.9 Å². The number of ether oxygens (including phenoxy) is 1. The Hall–Kier alpha value is -1.66. The molecule has 0 rings (SSSR count). The first kappa shape index (κ1) is 72.3. The number of nitrogens with one attached hydrogen (secondary N) is 1. The highest BCUT2D eigenvalue weighted by molar-refractivity contribution is 5.76. The first-order valence-corrected chi connectivity index (χ1v) is 33.6. The van der Waals surface area contributed by atoms with Crippen molar-refractivity contribution in [2.24, 2.45) is 0 Å². The van der Waals surface area contributed by atoms with Crippen LogP contribution in [0.15, 0.2) is 24.3 Å². The van der Waals surface area contributed by atoms with Crippen molar-refractivity contribution in [1.82, 2.24) is 5.32 Å². The minimum absolute atomic E-state index is 0.00628. The fraction of sp³-hybridized carbons (Fsp3) is 0.912. The number of aliphatic hydroxyl groups is 2. The van der Waals surface area contributed by atoms with Gasteiger partial charge in [-0.1, -0.05) is 334 Å². The van der Waals surface area contributed by atoms with Gasteiger partial charge in [0.2, 0.25) is 5.91 Å². The first-order chi connectivity index (χ1) is 36.5. The molecule has 0 aliphatic heterocycles. The van der Waals surface area contributed by atoms with Crippen LogP contribution < -0.4 is 5.32 Å². The number of hydrogen-bond acceptors (Lipinski definition) is 5. The molecule has 74 heavy (non-hydrogen) atoms. The fourth-order valence-corrected chi connectivity index (χ4v) is 10.6. The molecule has 3 N–H and O–H groups in total. The molecule has 6 heteroatoms. The highest BCUT2D eigenvalue weighted by Crippen LogP contribution is 2.19. The summed E-state index contributed by atoms with van der Waals surface area (Å²) in [5, 5.41) is 23.4. The lowest BCUT2D eigenvalue weighted by Crippen LogP contribution is -2.45. The van der Waals surface area contributed by atoms with Crippen molar-refractivity contribution in [2.75, 3.05) is 13.2 Å². The van der Waals surface area contributed by atoms with Crippen LogP contribution in [0.2, 0.25) is 0 Å². The molecule has 0 spiro atoms. The number of rotatable bonds is 63. The summed E-state index contributed by atoms with van der Waals surface area (Å²) in [7, 11) is 0. The highest BCUT2D eigenvalue weighted by Gasteiger charge is 2.20. The molecule has 438 valence electrons. The van der Waals surface area contributed by atoms with Crippen molar-refractivity contribution < 1.29 is 24.5 Å². The highest BCUT2D eigenvalue weighted by atomic mass is 16.5. The van der Waals surface area contributed by atoms with Crippen LogP contribution in [0.4, 0.5) is 0 Å². The molecule has 6 nitrogen and oxygen atoms in total. The molecule has 0 aromatic carbocycles. The Morgan fingerprint density at radius 2 is 0.689 bits per heavy atom. The summed E-state index contributed by atoms with van der Waals surface area (Å²) >= 11 is 0. The van der Waals surface area contributed by atoms with Crippen molar-refractivity contribution in [2.45, 2.75) is 386 Å². The van der Waals surface area contributed by atoms with E-state index >= 15 is 0 Å². The number of carbonyl (C=O) groups is 2. The van der Waals surface area contributed by atoms with Crippen molar-refractivity contribution in [3.63, 3.8) is 0 Å². The quantitative estimate of drug-likeness (QED) is 0.0320. The molecule has 0 saturated carbocycles. The van der Waals surface area contributed by atoms with Crippen molar-refractivity contribution in [3.8, 4) is 0 Å². The summed E-state index contributed by atoms with van der Waals surface area (Å²) in [4.78, 5) is 24.6. The average molecular weight is 1040 g/mol. The van der Waals surface area contributed by atoms with Gasteiger partial charge in [0.1, 0.15) is 0 Å². The fourth-order valence-electron chi connectivity index (χ4n) is 10.6. The van der Waals surface area contributed by atoms with Crippen LogP contribution in [0, 0.1) is 0 Å². The predicted molar refractivity (Wildman–Crippen MR) is 324 cm³/mol. The Labute approximate surface area is 462 Å². The van der Waals surface area contributed by atoms with Crippen LogP contribution in [0.3, 0.4) is 0 Å². The molecule has 2 unspecified atom stereocenters. The third-order valence-corrected chi connectivity index (χ3v) is 15.8. The van der Waals surface area contributed by atoms with Crippen LogP contribution in [0.25, 0.3) is 0 Å². The molecule has 0 aliphatic carbocycles. The monoisotopic (exact) mass is 1040 g/mol. The molecule has 2 atom stereocenters. The van der Waals surface area contributed by atoms with Crippen LogP contribution in [-0.4, -0.2) is 47.4 Å². The van der Waals surface area contributed by atoms with Crippen molar-refractivity contribution >= 4 is 11.9 Å². The molecule has 0 saturated heterocycles. The lowest BCUT2D eigenvalue weighted by atomic mass is 10.0. The van der Waals surface area contributed by atoms with E-state index < -0.39 is 12.1 Å². The van der Waals surface area contributed by atoms with Gasteiger partial charge in [-0.15, -0.1) is 0 Å². The number of esters is 1. The van der Waals surface area contributed by atoms with E-state index in [0.29, 0.717) is 25.9 Å². The molecule has 1 amide bonds. The predicted octanol–water partition coefficient (Wildman–Crippen LogP) is 21.4. The minimum Gasteiger partial charge on any atom is -0.466 e. The van der Waals surface area contributed by atoms with Gasteiger partial charge >= 0.3 is 5.97 Å². The summed E-state index contributed by atoms with van der Waals surface area (Å²) in [6.07, 6.45) is 79.2. The normalized spacial score (nSPS) is 12.6. The SMILES string of the molecule is CCCC/C=C\C/C=C\CCCCCCCC(=O)OCCCCCCCCCCCCCCCCCCCCC(=O)NC(CO)C(O)CCCCCCCCCCCCCCCCCCCCCCCCCCC. The standard InChI is InChI=1S/C68H131NO5/c1-3-5-7-9-11-13-15-17-19-20-21-22-23-24-25-26-27-30-33-36-40-44-48-52-56-60-66(71)65(64-70)69-67(72)61-57-53-49-45-41-37-34-31-28-29-32-35-39-43-47-51-55-59-63-74-68(73)62-58-54-50-46-42-38-18-16-14-12-10-8-6-4-2/h10,12,16,18,65-66,70-71H,3-9,11,13-15,17,19-64H2,1-2H3,(H,69,72)/b12-10-,18-16-. The maximum atomic E-state index is 12.5. The van der Waals surface area contributed by atoms with E-state index in [1.54, 1.807) is 0 Å². The maximum Gasteiger partial charge on any atom is 0.305 e. The number of aliphatic hydroxyl groups excluding tert-OH is 2. The molecule has 0 radical (unpaired) electrons. The van der Waals surface area contributed by atoms with Crippen molar-refractivity contribution in [1.29, 1.82) is 0 Å². The molecular formula is C68H131NO5. The van der Waals surface area contributed by atoms with Gasteiger partial charge in [0.15, 0.2) is 0 Å². The van der Waals surface area contributed by atoms with E-state index in [1.165, 1.54) is 289 Å². The lowest BCUT2D eigenvalue weighted by molar-refractivity contribution is -0.143.